The fourth-order valence-corrected chi connectivity index (χ4v) is 3.20. The molecule has 0 saturated carbocycles. The van der Waals surface area contributed by atoms with Crippen molar-refractivity contribution >= 4 is 16.9 Å². The Morgan fingerprint density at radius 1 is 1.16 bits per heavy atom. The molecule has 0 bridgehead atoms. The Balaban J connectivity index is 1.67. The molecule has 0 unspecified atom stereocenters. The summed E-state index contributed by atoms with van der Waals surface area (Å²) in [6.45, 7) is 1.51. The van der Waals surface area contributed by atoms with E-state index < -0.39 is 0 Å². The van der Waals surface area contributed by atoms with Gasteiger partial charge in [-0.3, -0.25) is 4.79 Å². The predicted octanol–water partition coefficient (Wildman–Crippen LogP) is 3.19. The quantitative estimate of drug-likeness (QED) is 0.794. The van der Waals surface area contributed by atoms with Crippen LogP contribution in [0.1, 0.15) is 22.5 Å². The van der Waals surface area contributed by atoms with Crippen molar-refractivity contribution in [3.8, 4) is 5.75 Å². The number of benzene rings is 2. The van der Waals surface area contributed by atoms with Gasteiger partial charge in [0.25, 0.3) is 5.91 Å². The summed E-state index contributed by atoms with van der Waals surface area (Å²) in [6, 6.07) is 17.2. The minimum absolute atomic E-state index is 0.0392. The molecule has 5 heteroatoms. The van der Waals surface area contributed by atoms with Crippen molar-refractivity contribution in [1.82, 2.24) is 4.90 Å². The minimum atomic E-state index is -0.115. The zero-order chi connectivity index (χ0) is 17.2. The van der Waals surface area contributed by atoms with Crippen LogP contribution in [0.2, 0.25) is 0 Å². The number of ether oxygens (including phenoxy) is 1. The van der Waals surface area contributed by atoms with Crippen molar-refractivity contribution < 1.29 is 13.9 Å². The zero-order valence-electron chi connectivity index (χ0n) is 13.9. The average Bonchev–Trinajstić information content (AvgIpc) is 3.24. The van der Waals surface area contributed by atoms with Crippen LogP contribution in [0.25, 0.3) is 11.0 Å². The minimum Gasteiger partial charge on any atom is -0.489 e. The summed E-state index contributed by atoms with van der Waals surface area (Å²) in [5.74, 6) is 0.997. The fourth-order valence-electron chi connectivity index (χ4n) is 3.20. The molecule has 1 fully saturated rings. The lowest BCUT2D eigenvalue weighted by Gasteiger charge is -2.15. The Morgan fingerprint density at radius 2 is 1.92 bits per heavy atom. The van der Waals surface area contributed by atoms with E-state index in [0.29, 0.717) is 24.4 Å². The summed E-state index contributed by atoms with van der Waals surface area (Å²) < 4.78 is 11.8. The van der Waals surface area contributed by atoms with Crippen LogP contribution in [0, 0.1) is 0 Å². The highest BCUT2D eigenvalue weighted by Gasteiger charge is 2.29. The first kappa shape index (κ1) is 15.7. The van der Waals surface area contributed by atoms with Crippen molar-refractivity contribution in [3.05, 3.63) is 65.9 Å². The molecule has 128 valence electrons. The van der Waals surface area contributed by atoms with Crippen molar-refractivity contribution in [1.29, 1.82) is 0 Å². The number of para-hydroxylation sites is 2. The molecule has 1 atom stereocenters. The summed E-state index contributed by atoms with van der Waals surface area (Å²) in [5.41, 5.74) is 7.42. The van der Waals surface area contributed by atoms with E-state index in [1.807, 2.05) is 54.6 Å². The Labute approximate surface area is 146 Å². The summed E-state index contributed by atoms with van der Waals surface area (Å²) >= 11 is 0. The normalized spacial score (nSPS) is 17.2. The van der Waals surface area contributed by atoms with E-state index in [9.17, 15) is 4.79 Å². The Bertz CT molecular complexity index is 888. The highest BCUT2D eigenvalue weighted by molar-refractivity contribution is 5.99. The Kier molecular flexibility index (Phi) is 4.15. The van der Waals surface area contributed by atoms with E-state index >= 15 is 0 Å². The number of hydrogen-bond donors (Lipinski definition) is 1. The zero-order valence-corrected chi connectivity index (χ0v) is 13.9. The van der Waals surface area contributed by atoms with Crippen LogP contribution >= 0.6 is 0 Å². The number of hydrogen-bond acceptors (Lipinski definition) is 4. The number of amides is 1. The van der Waals surface area contributed by atoms with Gasteiger partial charge in [-0.2, -0.15) is 0 Å². The van der Waals surface area contributed by atoms with Gasteiger partial charge in [0, 0.05) is 30.1 Å². The largest absolute Gasteiger partial charge is 0.489 e. The van der Waals surface area contributed by atoms with Gasteiger partial charge in [0.15, 0.2) is 5.76 Å². The van der Waals surface area contributed by atoms with Gasteiger partial charge < -0.3 is 19.8 Å². The molecule has 1 aromatic heterocycles. The number of nitrogens with zero attached hydrogens (tertiary/aromatic N) is 1. The SMILES string of the molecule is N[C@@H]1CCN(C(=O)c2oc3ccccc3c2COc2ccccc2)C1. The predicted molar refractivity (Wildman–Crippen MR) is 95.5 cm³/mol. The molecule has 25 heavy (non-hydrogen) atoms. The first-order valence-corrected chi connectivity index (χ1v) is 8.45. The summed E-state index contributed by atoms with van der Waals surface area (Å²) in [5, 5.41) is 0.908. The molecule has 4 rings (SSSR count). The van der Waals surface area contributed by atoms with Gasteiger partial charge in [-0.05, 0) is 24.6 Å². The van der Waals surface area contributed by atoms with Crippen molar-refractivity contribution in [3.63, 3.8) is 0 Å². The van der Waals surface area contributed by atoms with E-state index in [0.717, 1.165) is 23.1 Å². The van der Waals surface area contributed by atoms with Crippen LogP contribution in [-0.2, 0) is 6.61 Å². The lowest BCUT2D eigenvalue weighted by Crippen LogP contribution is -2.32. The van der Waals surface area contributed by atoms with E-state index in [2.05, 4.69) is 0 Å². The number of likely N-dealkylation sites (tertiary alicyclic amines) is 1. The number of fused-ring (bicyclic) bond motifs is 1. The topological polar surface area (TPSA) is 68.7 Å². The van der Waals surface area contributed by atoms with Gasteiger partial charge in [0.05, 0.1) is 0 Å². The average molecular weight is 336 g/mol. The second-order valence-electron chi connectivity index (χ2n) is 6.31. The molecular formula is C20H20N2O3. The number of carbonyl (C=O) groups excluding carboxylic acids is 1. The molecule has 3 aromatic rings. The molecule has 2 N–H and O–H groups in total. The Hall–Kier alpha value is -2.79. The maximum Gasteiger partial charge on any atom is 0.290 e. The molecule has 1 aliphatic rings. The first-order chi connectivity index (χ1) is 12.2. The van der Waals surface area contributed by atoms with Gasteiger partial charge in [0.1, 0.15) is 17.9 Å². The molecule has 5 nitrogen and oxygen atoms in total. The van der Waals surface area contributed by atoms with Crippen LogP contribution in [0.4, 0.5) is 0 Å². The van der Waals surface area contributed by atoms with Gasteiger partial charge in [-0.1, -0.05) is 36.4 Å². The number of furan rings is 1. The second kappa shape index (κ2) is 6.61. The standard InChI is InChI=1S/C20H20N2O3/c21-14-10-11-22(12-14)20(23)19-17(13-24-15-6-2-1-3-7-15)16-8-4-5-9-18(16)25-19/h1-9,14H,10-13,21H2/t14-/m1/s1. The maximum absolute atomic E-state index is 12.9. The molecule has 2 aromatic carbocycles. The molecule has 0 aliphatic carbocycles. The summed E-state index contributed by atoms with van der Waals surface area (Å²) in [6.07, 6.45) is 0.821. The van der Waals surface area contributed by atoms with Crippen molar-refractivity contribution in [2.45, 2.75) is 19.1 Å². The van der Waals surface area contributed by atoms with Gasteiger partial charge >= 0.3 is 0 Å². The number of carbonyl (C=O) groups is 1. The third kappa shape index (κ3) is 3.10. The summed E-state index contributed by atoms with van der Waals surface area (Å²) in [4.78, 5) is 14.7. The summed E-state index contributed by atoms with van der Waals surface area (Å²) in [7, 11) is 0. The monoisotopic (exact) mass is 336 g/mol. The Morgan fingerprint density at radius 3 is 2.68 bits per heavy atom. The van der Waals surface area contributed by atoms with Crippen LogP contribution in [-0.4, -0.2) is 29.9 Å². The number of nitrogens with two attached hydrogens (primary N) is 1. The third-order valence-corrected chi connectivity index (χ3v) is 4.53. The van der Waals surface area contributed by atoms with Crippen LogP contribution < -0.4 is 10.5 Å². The van der Waals surface area contributed by atoms with E-state index in [-0.39, 0.29) is 18.6 Å². The van der Waals surface area contributed by atoms with Crippen molar-refractivity contribution in [2.24, 2.45) is 5.73 Å². The van der Waals surface area contributed by atoms with Gasteiger partial charge in [-0.15, -0.1) is 0 Å². The second-order valence-corrected chi connectivity index (χ2v) is 6.31. The molecule has 0 radical (unpaired) electrons. The van der Waals surface area contributed by atoms with E-state index in [1.54, 1.807) is 4.90 Å². The molecule has 0 spiro atoms. The van der Waals surface area contributed by atoms with Crippen LogP contribution in [0.3, 0.4) is 0 Å². The smallest absolute Gasteiger partial charge is 0.290 e. The molecule has 1 aliphatic heterocycles. The third-order valence-electron chi connectivity index (χ3n) is 4.53. The molecule has 2 heterocycles. The highest BCUT2D eigenvalue weighted by Crippen LogP contribution is 2.29. The maximum atomic E-state index is 12.9. The van der Waals surface area contributed by atoms with Crippen LogP contribution in [0.15, 0.2) is 59.0 Å². The highest BCUT2D eigenvalue weighted by atomic mass is 16.5. The molecular weight excluding hydrogens is 316 g/mol. The fraction of sp³-hybridized carbons (Fsp3) is 0.250. The van der Waals surface area contributed by atoms with Crippen molar-refractivity contribution in [2.75, 3.05) is 13.1 Å². The first-order valence-electron chi connectivity index (χ1n) is 8.45. The van der Waals surface area contributed by atoms with Gasteiger partial charge in [-0.25, -0.2) is 0 Å². The lowest BCUT2D eigenvalue weighted by atomic mass is 10.1. The molecule has 1 amide bonds. The molecule has 1 saturated heterocycles. The van der Waals surface area contributed by atoms with Crippen LogP contribution in [0.5, 0.6) is 5.75 Å². The lowest BCUT2D eigenvalue weighted by molar-refractivity contribution is 0.0758. The number of rotatable bonds is 4. The van der Waals surface area contributed by atoms with Gasteiger partial charge in [0.2, 0.25) is 0 Å². The van der Waals surface area contributed by atoms with E-state index in [4.69, 9.17) is 14.9 Å². The van der Waals surface area contributed by atoms with E-state index in [1.165, 1.54) is 0 Å².